The Balaban J connectivity index is 1.22. The van der Waals surface area contributed by atoms with Gasteiger partial charge in [-0.15, -0.1) is 0 Å². The molecule has 2 N–H and O–H groups in total. The largest absolute Gasteiger partial charge is 0.489 e. The first-order chi connectivity index (χ1) is 16.7. The molecule has 1 heterocycles. The number of hydrogen-bond donors (Lipinski definition) is 2. The SMILES string of the molecule is O=C(NCCC1CCCC1)c1cccc(Nc2ccc(OCc3ccncc3)cc2C2CC2)c1. The maximum Gasteiger partial charge on any atom is 0.251 e. The first-order valence-electron chi connectivity index (χ1n) is 12.6. The Morgan fingerprint density at radius 1 is 0.971 bits per heavy atom. The molecular formula is C29H33N3O2. The molecule has 0 unspecified atom stereocenters. The standard InChI is InChI=1S/C29H33N3O2/c33-29(31-17-14-21-4-1-2-5-21)24-6-3-7-25(18-24)32-28-11-10-26(19-27(28)23-8-9-23)34-20-22-12-15-30-16-13-22/h3,6-7,10-13,15-16,18-19,21,23,32H,1-2,4-5,8-9,14,17,20H2,(H,31,33). The van der Waals surface area contributed by atoms with E-state index < -0.39 is 0 Å². The van der Waals surface area contributed by atoms with Gasteiger partial charge in [-0.05, 0) is 90.8 Å². The maximum atomic E-state index is 12.7. The van der Waals surface area contributed by atoms with Crippen LogP contribution in [0.5, 0.6) is 5.75 Å². The number of nitrogens with one attached hydrogen (secondary N) is 2. The van der Waals surface area contributed by atoms with Crippen LogP contribution in [-0.2, 0) is 6.61 Å². The lowest BCUT2D eigenvalue weighted by Gasteiger charge is -2.15. The predicted octanol–water partition coefficient (Wildman–Crippen LogP) is 6.59. The van der Waals surface area contributed by atoms with Gasteiger partial charge in [0.15, 0.2) is 0 Å². The van der Waals surface area contributed by atoms with Crippen molar-refractivity contribution in [2.24, 2.45) is 5.92 Å². The van der Waals surface area contributed by atoms with Crippen molar-refractivity contribution in [2.45, 2.75) is 57.5 Å². The minimum Gasteiger partial charge on any atom is -0.489 e. The molecule has 176 valence electrons. The van der Waals surface area contributed by atoms with Crippen molar-refractivity contribution in [3.63, 3.8) is 0 Å². The van der Waals surface area contributed by atoms with E-state index in [4.69, 9.17) is 4.74 Å². The molecule has 2 saturated carbocycles. The normalized spacial score (nSPS) is 15.8. The van der Waals surface area contributed by atoms with Crippen molar-refractivity contribution in [2.75, 3.05) is 11.9 Å². The summed E-state index contributed by atoms with van der Waals surface area (Å²) in [7, 11) is 0. The van der Waals surface area contributed by atoms with Gasteiger partial charge < -0.3 is 15.4 Å². The molecule has 2 aliphatic carbocycles. The first-order valence-corrected chi connectivity index (χ1v) is 12.6. The van der Waals surface area contributed by atoms with Gasteiger partial charge in [-0.2, -0.15) is 0 Å². The third kappa shape index (κ3) is 5.96. The third-order valence-electron chi connectivity index (χ3n) is 6.91. The highest BCUT2D eigenvalue weighted by atomic mass is 16.5. The fraction of sp³-hybridized carbons (Fsp3) is 0.379. The molecule has 1 amide bonds. The molecule has 0 atom stereocenters. The number of pyridine rings is 1. The number of hydrogen-bond acceptors (Lipinski definition) is 4. The molecule has 5 heteroatoms. The predicted molar refractivity (Wildman–Crippen MR) is 136 cm³/mol. The van der Waals surface area contributed by atoms with Gasteiger partial charge in [0.2, 0.25) is 0 Å². The van der Waals surface area contributed by atoms with E-state index in [9.17, 15) is 4.79 Å². The number of carbonyl (C=O) groups is 1. The highest BCUT2D eigenvalue weighted by Gasteiger charge is 2.27. The second-order valence-electron chi connectivity index (χ2n) is 9.57. The van der Waals surface area contributed by atoms with E-state index in [1.165, 1.54) is 44.1 Å². The summed E-state index contributed by atoms with van der Waals surface area (Å²) >= 11 is 0. The van der Waals surface area contributed by atoms with Gasteiger partial charge in [0.1, 0.15) is 12.4 Å². The van der Waals surface area contributed by atoms with Crippen molar-refractivity contribution >= 4 is 17.3 Å². The second kappa shape index (κ2) is 10.7. The summed E-state index contributed by atoms with van der Waals surface area (Å²) in [4.78, 5) is 16.7. The Bertz CT molecular complexity index is 1110. The van der Waals surface area contributed by atoms with Gasteiger partial charge in [-0.3, -0.25) is 9.78 Å². The molecule has 0 saturated heterocycles. The minimum atomic E-state index is 0.00363. The highest BCUT2D eigenvalue weighted by Crippen LogP contribution is 2.45. The average Bonchev–Trinajstić information content (AvgIpc) is 3.59. The molecule has 0 aliphatic heterocycles. The van der Waals surface area contributed by atoms with Crippen LogP contribution < -0.4 is 15.4 Å². The van der Waals surface area contributed by atoms with E-state index in [1.54, 1.807) is 12.4 Å². The summed E-state index contributed by atoms with van der Waals surface area (Å²) in [5.41, 5.74) is 5.08. The molecule has 2 fully saturated rings. The summed E-state index contributed by atoms with van der Waals surface area (Å²) < 4.78 is 6.03. The van der Waals surface area contributed by atoms with Crippen LogP contribution in [0.4, 0.5) is 11.4 Å². The molecule has 0 bridgehead atoms. The Hall–Kier alpha value is -3.34. The highest BCUT2D eigenvalue weighted by molar-refractivity contribution is 5.95. The Kier molecular flexibility index (Phi) is 7.08. The molecule has 34 heavy (non-hydrogen) atoms. The lowest BCUT2D eigenvalue weighted by atomic mass is 10.0. The van der Waals surface area contributed by atoms with Crippen LogP contribution in [0, 0.1) is 5.92 Å². The number of aromatic nitrogens is 1. The first kappa shape index (κ1) is 22.5. The Labute approximate surface area is 202 Å². The smallest absolute Gasteiger partial charge is 0.251 e. The molecule has 0 spiro atoms. The molecule has 3 aromatic rings. The van der Waals surface area contributed by atoms with Gasteiger partial charge in [0.05, 0.1) is 0 Å². The van der Waals surface area contributed by atoms with Gasteiger partial charge in [0.25, 0.3) is 5.91 Å². The lowest BCUT2D eigenvalue weighted by Crippen LogP contribution is -2.25. The number of rotatable bonds is 10. The van der Waals surface area contributed by atoms with Gasteiger partial charge in [0, 0.05) is 35.9 Å². The zero-order valence-electron chi connectivity index (χ0n) is 19.6. The van der Waals surface area contributed by atoms with Gasteiger partial charge in [-0.25, -0.2) is 0 Å². The monoisotopic (exact) mass is 455 g/mol. The molecule has 5 nitrogen and oxygen atoms in total. The zero-order chi connectivity index (χ0) is 23.2. The molecule has 2 aliphatic rings. The van der Waals surface area contributed by atoms with Crippen LogP contribution in [0.3, 0.4) is 0 Å². The van der Waals surface area contributed by atoms with Crippen LogP contribution >= 0.6 is 0 Å². The summed E-state index contributed by atoms with van der Waals surface area (Å²) in [5.74, 6) is 2.23. The second-order valence-corrected chi connectivity index (χ2v) is 9.57. The van der Waals surface area contributed by atoms with Crippen LogP contribution in [0.25, 0.3) is 0 Å². The van der Waals surface area contributed by atoms with E-state index in [2.05, 4.69) is 27.8 Å². The van der Waals surface area contributed by atoms with Crippen molar-refractivity contribution in [1.29, 1.82) is 0 Å². The van der Waals surface area contributed by atoms with Gasteiger partial charge >= 0.3 is 0 Å². The van der Waals surface area contributed by atoms with Crippen molar-refractivity contribution in [1.82, 2.24) is 10.3 Å². The van der Waals surface area contributed by atoms with Crippen molar-refractivity contribution in [3.8, 4) is 5.75 Å². The van der Waals surface area contributed by atoms with Crippen LogP contribution in [0.1, 0.15) is 72.3 Å². The van der Waals surface area contributed by atoms with Crippen molar-refractivity contribution in [3.05, 3.63) is 83.7 Å². The van der Waals surface area contributed by atoms with Gasteiger partial charge in [-0.1, -0.05) is 31.7 Å². The number of benzene rings is 2. The average molecular weight is 456 g/mol. The minimum absolute atomic E-state index is 0.00363. The summed E-state index contributed by atoms with van der Waals surface area (Å²) in [6, 6.07) is 18.0. The van der Waals surface area contributed by atoms with Crippen molar-refractivity contribution < 1.29 is 9.53 Å². The topological polar surface area (TPSA) is 63.2 Å². The van der Waals surface area contributed by atoms with E-state index in [1.807, 2.05) is 42.5 Å². The summed E-state index contributed by atoms with van der Waals surface area (Å²) in [6.07, 6.45) is 12.4. The molecule has 5 rings (SSSR count). The lowest BCUT2D eigenvalue weighted by molar-refractivity contribution is 0.0951. The van der Waals surface area contributed by atoms with E-state index in [0.717, 1.165) is 41.6 Å². The third-order valence-corrected chi connectivity index (χ3v) is 6.91. The van der Waals surface area contributed by atoms with E-state index >= 15 is 0 Å². The van der Waals surface area contributed by atoms with E-state index in [-0.39, 0.29) is 5.91 Å². The number of ether oxygens (including phenoxy) is 1. The fourth-order valence-electron chi connectivity index (χ4n) is 4.81. The molecule has 2 aromatic carbocycles. The summed E-state index contributed by atoms with van der Waals surface area (Å²) in [5, 5.41) is 6.65. The fourth-order valence-corrected chi connectivity index (χ4v) is 4.81. The zero-order valence-corrected chi connectivity index (χ0v) is 19.6. The molecular weight excluding hydrogens is 422 g/mol. The molecule has 0 radical (unpaired) electrons. The summed E-state index contributed by atoms with van der Waals surface area (Å²) in [6.45, 7) is 1.28. The van der Waals surface area contributed by atoms with Crippen LogP contribution in [0.15, 0.2) is 67.0 Å². The number of amides is 1. The number of anilines is 2. The Morgan fingerprint density at radius 2 is 1.79 bits per heavy atom. The number of nitrogens with zero attached hydrogens (tertiary/aromatic N) is 1. The van der Waals surface area contributed by atoms with E-state index in [0.29, 0.717) is 18.1 Å². The maximum absolute atomic E-state index is 12.7. The molecule has 1 aromatic heterocycles. The Morgan fingerprint density at radius 3 is 2.59 bits per heavy atom. The van der Waals surface area contributed by atoms with Crippen LogP contribution in [0.2, 0.25) is 0 Å². The number of carbonyl (C=O) groups excluding carboxylic acids is 1. The quantitative estimate of drug-likeness (QED) is 0.362. The van der Waals surface area contributed by atoms with Crippen LogP contribution in [-0.4, -0.2) is 17.4 Å².